The Morgan fingerprint density at radius 3 is 2.88 bits per heavy atom. The number of nitrogens with zero attached hydrogens (tertiary/aromatic N) is 1. The second-order valence-electron chi connectivity index (χ2n) is 7.38. The van der Waals surface area contributed by atoms with Gasteiger partial charge >= 0.3 is 0 Å². The van der Waals surface area contributed by atoms with Gasteiger partial charge in [-0.3, -0.25) is 4.79 Å². The van der Waals surface area contributed by atoms with E-state index in [0.29, 0.717) is 23.1 Å². The maximum absolute atomic E-state index is 12.6. The number of fused-ring (bicyclic) bond motifs is 2. The third-order valence-corrected chi connectivity index (χ3v) is 5.91. The van der Waals surface area contributed by atoms with Crippen LogP contribution in [0.3, 0.4) is 0 Å². The van der Waals surface area contributed by atoms with Crippen LogP contribution in [0.5, 0.6) is 5.75 Å². The Morgan fingerprint density at radius 1 is 1.32 bits per heavy atom. The van der Waals surface area contributed by atoms with Gasteiger partial charge in [-0.05, 0) is 56.1 Å². The normalized spacial score (nSPS) is 25.8. The summed E-state index contributed by atoms with van der Waals surface area (Å²) in [5.74, 6) is 3.32. The number of hydrogen-bond donors (Lipinski definition) is 1. The molecule has 132 valence electrons. The molecule has 5 heteroatoms. The highest BCUT2D eigenvalue weighted by Gasteiger charge is 2.42. The fourth-order valence-corrected chi connectivity index (χ4v) is 4.65. The van der Waals surface area contributed by atoms with Gasteiger partial charge in [-0.15, -0.1) is 0 Å². The summed E-state index contributed by atoms with van der Waals surface area (Å²) in [6, 6.07) is 9.39. The van der Waals surface area contributed by atoms with Gasteiger partial charge in [0.1, 0.15) is 5.75 Å². The SMILES string of the molecule is COc1ccccc1-c1cc(C(=O)N[C@@H](C)[C@@H]2C[C@H]3CC[C@H]2C3)no1. The molecule has 0 unspecified atom stereocenters. The Bertz CT molecular complexity index is 770. The molecule has 1 amide bonds. The lowest BCUT2D eigenvalue weighted by Gasteiger charge is -2.28. The topological polar surface area (TPSA) is 64.4 Å². The van der Waals surface area contributed by atoms with Crippen LogP contribution in [0.15, 0.2) is 34.9 Å². The van der Waals surface area contributed by atoms with Crippen molar-refractivity contribution in [2.75, 3.05) is 7.11 Å². The van der Waals surface area contributed by atoms with E-state index in [2.05, 4.69) is 17.4 Å². The molecule has 0 spiro atoms. The number of carbonyl (C=O) groups is 1. The second kappa shape index (κ2) is 6.54. The molecule has 1 N–H and O–H groups in total. The molecule has 2 aliphatic carbocycles. The molecule has 2 fully saturated rings. The van der Waals surface area contributed by atoms with Gasteiger partial charge in [-0.25, -0.2) is 0 Å². The second-order valence-corrected chi connectivity index (χ2v) is 7.38. The van der Waals surface area contributed by atoms with Crippen molar-refractivity contribution in [1.82, 2.24) is 10.5 Å². The summed E-state index contributed by atoms with van der Waals surface area (Å²) in [6.07, 6.45) is 5.27. The van der Waals surface area contributed by atoms with Crippen LogP contribution in [-0.4, -0.2) is 24.2 Å². The fraction of sp³-hybridized carbons (Fsp3) is 0.500. The highest BCUT2D eigenvalue weighted by atomic mass is 16.5. The summed E-state index contributed by atoms with van der Waals surface area (Å²) in [6.45, 7) is 2.12. The third kappa shape index (κ3) is 3.03. The van der Waals surface area contributed by atoms with Crippen LogP contribution in [-0.2, 0) is 0 Å². The predicted octanol–water partition coefficient (Wildman–Crippen LogP) is 3.90. The number of hydrogen-bond acceptors (Lipinski definition) is 4. The lowest BCUT2D eigenvalue weighted by molar-refractivity contribution is 0.0906. The average molecular weight is 340 g/mol. The maximum atomic E-state index is 12.6. The van der Waals surface area contributed by atoms with E-state index in [1.807, 2.05) is 24.3 Å². The lowest BCUT2D eigenvalue weighted by Crippen LogP contribution is -2.40. The van der Waals surface area contributed by atoms with Crippen molar-refractivity contribution in [2.45, 2.75) is 38.6 Å². The Labute approximate surface area is 147 Å². The monoisotopic (exact) mass is 340 g/mol. The van der Waals surface area contributed by atoms with Crippen molar-refractivity contribution >= 4 is 5.91 Å². The smallest absolute Gasteiger partial charge is 0.273 e. The van der Waals surface area contributed by atoms with Gasteiger partial charge in [0, 0.05) is 12.1 Å². The zero-order valence-electron chi connectivity index (χ0n) is 14.7. The standard InChI is InChI=1S/C20H24N2O3/c1-12(16-10-13-7-8-14(16)9-13)21-20(23)17-11-19(25-22-17)15-5-3-4-6-18(15)24-2/h3-6,11-14,16H,7-10H2,1-2H3,(H,21,23)/t12-,13-,14-,16-/m0/s1. The van der Waals surface area contributed by atoms with Crippen LogP contribution in [0.4, 0.5) is 0 Å². The van der Waals surface area contributed by atoms with Gasteiger partial charge in [0.25, 0.3) is 5.91 Å². The molecule has 2 bridgehead atoms. The van der Waals surface area contributed by atoms with Crippen molar-refractivity contribution in [3.63, 3.8) is 0 Å². The molecule has 1 aromatic heterocycles. The van der Waals surface area contributed by atoms with Crippen molar-refractivity contribution in [3.05, 3.63) is 36.0 Å². The quantitative estimate of drug-likeness (QED) is 0.896. The molecule has 5 nitrogen and oxygen atoms in total. The van der Waals surface area contributed by atoms with E-state index >= 15 is 0 Å². The molecule has 1 aromatic carbocycles. The Kier molecular flexibility index (Phi) is 4.24. The number of methoxy groups -OCH3 is 1. The van der Waals surface area contributed by atoms with Crippen molar-refractivity contribution in [2.24, 2.45) is 17.8 Å². The van der Waals surface area contributed by atoms with Crippen LogP contribution in [0.25, 0.3) is 11.3 Å². The molecule has 25 heavy (non-hydrogen) atoms. The first kappa shape index (κ1) is 16.2. The first-order valence-corrected chi connectivity index (χ1v) is 9.06. The number of rotatable bonds is 5. The molecule has 4 rings (SSSR count). The third-order valence-electron chi connectivity index (χ3n) is 5.91. The summed E-state index contributed by atoms with van der Waals surface area (Å²) >= 11 is 0. The number of nitrogens with one attached hydrogen (secondary N) is 1. The van der Waals surface area contributed by atoms with Crippen LogP contribution in [0, 0.1) is 17.8 Å². The minimum atomic E-state index is -0.167. The molecular formula is C20H24N2O3. The van der Waals surface area contributed by atoms with E-state index in [9.17, 15) is 4.79 Å². The van der Waals surface area contributed by atoms with Crippen molar-refractivity contribution < 1.29 is 14.1 Å². The zero-order chi connectivity index (χ0) is 17.4. The van der Waals surface area contributed by atoms with E-state index in [1.54, 1.807) is 13.2 Å². The Morgan fingerprint density at radius 2 is 2.16 bits per heavy atom. The van der Waals surface area contributed by atoms with Gasteiger partial charge in [0.05, 0.1) is 12.7 Å². The highest BCUT2D eigenvalue weighted by Crippen LogP contribution is 2.49. The van der Waals surface area contributed by atoms with Gasteiger partial charge in [0.2, 0.25) is 0 Å². The first-order chi connectivity index (χ1) is 12.2. The Hall–Kier alpha value is -2.30. The molecule has 2 saturated carbocycles. The maximum Gasteiger partial charge on any atom is 0.273 e. The van der Waals surface area contributed by atoms with Gasteiger partial charge in [-0.2, -0.15) is 0 Å². The van der Waals surface area contributed by atoms with E-state index in [0.717, 1.165) is 17.4 Å². The predicted molar refractivity (Wildman–Crippen MR) is 94.4 cm³/mol. The minimum Gasteiger partial charge on any atom is -0.496 e. The zero-order valence-corrected chi connectivity index (χ0v) is 14.7. The molecule has 1 heterocycles. The number of aromatic nitrogens is 1. The largest absolute Gasteiger partial charge is 0.496 e. The summed E-state index contributed by atoms with van der Waals surface area (Å²) in [5, 5.41) is 7.08. The van der Waals surface area contributed by atoms with E-state index < -0.39 is 0 Å². The van der Waals surface area contributed by atoms with E-state index in [1.165, 1.54) is 25.7 Å². The highest BCUT2D eigenvalue weighted by molar-refractivity contribution is 5.93. The van der Waals surface area contributed by atoms with Crippen LogP contribution in [0.2, 0.25) is 0 Å². The van der Waals surface area contributed by atoms with E-state index in [-0.39, 0.29) is 11.9 Å². The number of carbonyl (C=O) groups excluding carboxylic acids is 1. The van der Waals surface area contributed by atoms with Gasteiger partial charge in [0.15, 0.2) is 11.5 Å². The minimum absolute atomic E-state index is 0.167. The Balaban J connectivity index is 1.45. The molecule has 2 aromatic rings. The fourth-order valence-electron chi connectivity index (χ4n) is 4.65. The average Bonchev–Trinajstić information content (AvgIpc) is 3.37. The van der Waals surface area contributed by atoms with Crippen LogP contribution < -0.4 is 10.1 Å². The lowest BCUT2D eigenvalue weighted by atomic mass is 9.84. The van der Waals surface area contributed by atoms with Gasteiger partial charge in [-0.1, -0.05) is 23.7 Å². The molecule has 4 atom stereocenters. The molecule has 0 saturated heterocycles. The van der Waals surface area contributed by atoms with Crippen LogP contribution >= 0.6 is 0 Å². The number of amides is 1. The summed E-state index contributed by atoms with van der Waals surface area (Å²) < 4.78 is 10.7. The first-order valence-electron chi connectivity index (χ1n) is 9.06. The van der Waals surface area contributed by atoms with E-state index in [4.69, 9.17) is 9.26 Å². The summed E-state index contributed by atoms with van der Waals surface area (Å²) in [4.78, 5) is 12.6. The van der Waals surface area contributed by atoms with Crippen molar-refractivity contribution in [3.8, 4) is 17.1 Å². The van der Waals surface area contributed by atoms with Crippen LogP contribution in [0.1, 0.15) is 43.1 Å². The summed E-state index contributed by atoms with van der Waals surface area (Å²) in [5.41, 5.74) is 1.11. The molecule has 0 aliphatic heterocycles. The number of benzene rings is 1. The van der Waals surface area contributed by atoms with Gasteiger partial charge < -0.3 is 14.6 Å². The molecular weight excluding hydrogens is 316 g/mol. The van der Waals surface area contributed by atoms with Crippen molar-refractivity contribution in [1.29, 1.82) is 0 Å². The summed E-state index contributed by atoms with van der Waals surface area (Å²) in [7, 11) is 1.61. The molecule has 0 radical (unpaired) electrons. The number of ether oxygens (including phenoxy) is 1. The number of para-hydroxylation sites is 1. The molecule has 2 aliphatic rings.